The van der Waals surface area contributed by atoms with Crippen LogP contribution in [-0.2, 0) is 4.79 Å². The van der Waals surface area contributed by atoms with Crippen LogP contribution in [0.2, 0.25) is 0 Å². The Morgan fingerprint density at radius 2 is 1.80 bits per heavy atom. The summed E-state index contributed by atoms with van der Waals surface area (Å²) in [4.78, 5) is 12.5. The molecule has 1 fully saturated rings. The maximum atomic E-state index is 12.5. The number of rotatable bonds is 3. The summed E-state index contributed by atoms with van der Waals surface area (Å²) in [6, 6.07) is 5.59. The molecule has 2 rings (SSSR count). The van der Waals surface area contributed by atoms with Gasteiger partial charge >= 0.3 is 0 Å². The van der Waals surface area contributed by atoms with Gasteiger partial charge in [-0.1, -0.05) is 19.9 Å². The molecule has 0 unspecified atom stereocenters. The van der Waals surface area contributed by atoms with Crippen molar-refractivity contribution in [2.75, 3.05) is 27.3 Å². The maximum absolute atomic E-state index is 12.5. The van der Waals surface area contributed by atoms with E-state index in [2.05, 4.69) is 5.32 Å². The number of carbonyl (C=O) groups excluding carboxylic acids is 1. The molecule has 1 N–H and O–H groups in total. The van der Waals surface area contributed by atoms with Crippen molar-refractivity contribution in [1.82, 2.24) is 5.32 Å². The first-order valence-corrected chi connectivity index (χ1v) is 6.66. The Bertz CT molecular complexity index is 524. The predicted molar refractivity (Wildman–Crippen MR) is 79.2 cm³/mol. The van der Waals surface area contributed by atoms with Gasteiger partial charge in [0.25, 0.3) is 0 Å². The van der Waals surface area contributed by atoms with Crippen molar-refractivity contribution in [3.63, 3.8) is 0 Å². The number of carbonyl (C=O) groups is 1. The van der Waals surface area contributed by atoms with Crippen LogP contribution in [0.1, 0.15) is 19.4 Å². The predicted octanol–water partition coefficient (Wildman–Crippen LogP) is 2.29. The van der Waals surface area contributed by atoms with Gasteiger partial charge in [-0.2, -0.15) is 0 Å². The SMILES string of the molecule is COc1cccc(OC)c1/C=C1\CNCC(C)(C)C1=O. The van der Waals surface area contributed by atoms with Crippen molar-refractivity contribution in [3.8, 4) is 11.5 Å². The van der Waals surface area contributed by atoms with E-state index in [4.69, 9.17) is 9.47 Å². The van der Waals surface area contributed by atoms with Gasteiger partial charge < -0.3 is 14.8 Å². The van der Waals surface area contributed by atoms with Crippen molar-refractivity contribution in [3.05, 3.63) is 29.3 Å². The third kappa shape index (κ3) is 2.70. The van der Waals surface area contributed by atoms with E-state index in [1.54, 1.807) is 14.2 Å². The Labute approximate surface area is 119 Å². The normalized spacial score (nSPS) is 20.0. The number of ether oxygens (including phenoxy) is 2. The highest BCUT2D eigenvalue weighted by Crippen LogP contribution is 2.32. The fraction of sp³-hybridized carbons (Fsp3) is 0.438. The molecule has 1 aromatic carbocycles. The third-order valence-corrected chi connectivity index (χ3v) is 3.57. The Kier molecular flexibility index (Phi) is 4.14. The molecule has 20 heavy (non-hydrogen) atoms. The van der Waals surface area contributed by atoms with E-state index < -0.39 is 0 Å². The van der Waals surface area contributed by atoms with E-state index in [0.717, 1.165) is 11.1 Å². The standard InChI is InChI=1S/C16H21NO3/c1-16(2)10-17-9-11(15(16)18)8-12-13(19-3)6-5-7-14(12)20-4/h5-8,17H,9-10H2,1-4H3/b11-8+. The summed E-state index contributed by atoms with van der Waals surface area (Å²) in [5.74, 6) is 1.57. The number of benzene rings is 1. The molecule has 1 saturated heterocycles. The number of ketones is 1. The first-order chi connectivity index (χ1) is 9.49. The number of methoxy groups -OCH3 is 2. The second kappa shape index (κ2) is 5.67. The lowest BCUT2D eigenvalue weighted by Gasteiger charge is -2.30. The second-order valence-corrected chi connectivity index (χ2v) is 5.56. The van der Waals surface area contributed by atoms with Gasteiger partial charge in [0.15, 0.2) is 5.78 Å². The Morgan fingerprint density at radius 3 is 2.35 bits per heavy atom. The van der Waals surface area contributed by atoms with E-state index in [1.807, 2.05) is 38.1 Å². The molecular weight excluding hydrogens is 254 g/mol. The third-order valence-electron chi connectivity index (χ3n) is 3.57. The lowest BCUT2D eigenvalue weighted by Crippen LogP contribution is -2.44. The van der Waals surface area contributed by atoms with E-state index >= 15 is 0 Å². The van der Waals surface area contributed by atoms with Crippen molar-refractivity contribution in [2.24, 2.45) is 5.41 Å². The molecule has 0 aliphatic carbocycles. The zero-order valence-electron chi connectivity index (χ0n) is 12.4. The molecule has 0 saturated carbocycles. The zero-order chi connectivity index (χ0) is 14.8. The van der Waals surface area contributed by atoms with Gasteiger partial charge in [0.05, 0.1) is 19.8 Å². The van der Waals surface area contributed by atoms with Gasteiger partial charge in [-0.25, -0.2) is 0 Å². The van der Waals surface area contributed by atoms with Gasteiger partial charge in [0.2, 0.25) is 0 Å². The van der Waals surface area contributed by atoms with Crippen LogP contribution in [0, 0.1) is 5.41 Å². The fourth-order valence-electron chi connectivity index (χ4n) is 2.42. The smallest absolute Gasteiger partial charge is 0.167 e. The molecule has 0 amide bonds. The summed E-state index contributed by atoms with van der Waals surface area (Å²) >= 11 is 0. The highest BCUT2D eigenvalue weighted by atomic mass is 16.5. The monoisotopic (exact) mass is 275 g/mol. The number of piperidine rings is 1. The summed E-state index contributed by atoms with van der Waals surface area (Å²) in [5, 5.41) is 3.28. The molecule has 4 heteroatoms. The van der Waals surface area contributed by atoms with E-state index in [-0.39, 0.29) is 11.2 Å². The van der Waals surface area contributed by atoms with E-state index in [1.165, 1.54) is 0 Å². The molecule has 0 radical (unpaired) electrons. The lowest BCUT2D eigenvalue weighted by atomic mass is 9.80. The number of hydrogen-bond donors (Lipinski definition) is 1. The number of hydrogen-bond acceptors (Lipinski definition) is 4. The molecule has 0 atom stereocenters. The number of nitrogens with one attached hydrogen (secondary N) is 1. The molecule has 0 aromatic heterocycles. The van der Waals surface area contributed by atoms with Crippen LogP contribution in [0.25, 0.3) is 6.08 Å². The van der Waals surface area contributed by atoms with Crippen molar-refractivity contribution < 1.29 is 14.3 Å². The molecule has 1 aliphatic heterocycles. The summed E-state index contributed by atoms with van der Waals surface area (Å²) in [5.41, 5.74) is 1.18. The highest BCUT2D eigenvalue weighted by Gasteiger charge is 2.33. The second-order valence-electron chi connectivity index (χ2n) is 5.56. The minimum Gasteiger partial charge on any atom is -0.496 e. The van der Waals surface area contributed by atoms with Crippen molar-refractivity contribution >= 4 is 11.9 Å². The van der Waals surface area contributed by atoms with Crippen LogP contribution in [0.4, 0.5) is 0 Å². The fourth-order valence-corrected chi connectivity index (χ4v) is 2.42. The molecule has 108 valence electrons. The summed E-state index contributed by atoms with van der Waals surface area (Å²) in [7, 11) is 3.23. The first kappa shape index (κ1) is 14.6. The van der Waals surface area contributed by atoms with E-state index in [9.17, 15) is 4.79 Å². The topological polar surface area (TPSA) is 47.6 Å². The molecular formula is C16H21NO3. The van der Waals surface area contributed by atoms with Gasteiger partial charge in [-0.3, -0.25) is 4.79 Å². The lowest BCUT2D eigenvalue weighted by molar-refractivity contribution is -0.124. The van der Waals surface area contributed by atoms with Crippen molar-refractivity contribution in [1.29, 1.82) is 0 Å². The zero-order valence-corrected chi connectivity index (χ0v) is 12.4. The largest absolute Gasteiger partial charge is 0.496 e. The average Bonchev–Trinajstić information content (AvgIpc) is 2.44. The molecule has 1 aromatic rings. The van der Waals surface area contributed by atoms with Crippen LogP contribution in [0.15, 0.2) is 23.8 Å². The quantitative estimate of drug-likeness (QED) is 0.860. The summed E-state index contributed by atoms with van der Waals surface area (Å²) in [6.45, 7) is 5.18. The Hall–Kier alpha value is -1.81. The Morgan fingerprint density at radius 1 is 1.20 bits per heavy atom. The summed E-state index contributed by atoms with van der Waals surface area (Å²) in [6.07, 6.45) is 1.87. The molecule has 1 heterocycles. The van der Waals surface area contributed by atoms with Gasteiger partial charge in [0, 0.05) is 24.1 Å². The summed E-state index contributed by atoms with van der Waals surface area (Å²) < 4.78 is 10.7. The van der Waals surface area contributed by atoms with Gasteiger partial charge in [-0.15, -0.1) is 0 Å². The van der Waals surface area contributed by atoms with Crippen LogP contribution >= 0.6 is 0 Å². The molecule has 0 spiro atoms. The highest BCUT2D eigenvalue weighted by molar-refractivity contribution is 6.04. The van der Waals surface area contributed by atoms with Crippen LogP contribution in [-0.4, -0.2) is 33.1 Å². The van der Waals surface area contributed by atoms with Crippen molar-refractivity contribution in [2.45, 2.75) is 13.8 Å². The average molecular weight is 275 g/mol. The first-order valence-electron chi connectivity index (χ1n) is 6.66. The van der Waals surface area contributed by atoms with Crippen LogP contribution in [0.5, 0.6) is 11.5 Å². The molecule has 4 nitrogen and oxygen atoms in total. The van der Waals surface area contributed by atoms with E-state index in [0.29, 0.717) is 24.6 Å². The van der Waals surface area contributed by atoms with Crippen LogP contribution in [0.3, 0.4) is 0 Å². The molecule has 0 bridgehead atoms. The minimum absolute atomic E-state index is 0.171. The van der Waals surface area contributed by atoms with Gasteiger partial charge in [0.1, 0.15) is 11.5 Å². The number of Topliss-reactive ketones (excluding diaryl/α,β-unsaturated/α-hetero) is 1. The molecule has 1 aliphatic rings. The Balaban J connectivity index is 2.47. The van der Waals surface area contributed by atoms with Gasteiger partial charge in [-0.05, 0) is 18.2 Å². The van der Waals surface area contributed by atoms with Crippen LogP contribution < -0.4 is 14.8 Å². The maximum Gasteiger partial charge on any atom is 0.167 e. The minimum atomic E-state index is -0.376.